The van der Waals surface area contributed by atoms with Gasteiger partial charge in [0, 0.05) is 0 Å². The van der Waals surface area contributed by atoms with E-state index in [1.807, 2.05) is 5.32 Å². The number of nitrogens with one attached hydrogen (secondary N) is 1. The number of hydrogen-bond acceptors (Lipinski definition) is 4. The first kappa shape index (κ1) is 12.8. The number of nitrogen functional groups attached to an aromatic ring is 1. The van der Waals surface area contributed by atoms with Gasteiger partial charge in [-0.25, -0.2) is 9.18 Å². The molecule has 0 fully saturated rings. The summed E-state index contributed by atoms with van der Waals surface area (Å²) in [6.45, 7) is 1.34. The van der Waals surface area contributed by atoms with Crippen molar-refractivity contribution in [1.29, 1.82) is 0 Å². The van der Waals surface area contributed by atoms with Gasteiger partial charge >= 0.3 is 6.03 Å². The van der Waals surface area contributed by atoms with Gasteiger partial charge in [-0.15, -0.1) is 0 Å². The Morgan fingerprint density at radius 1 is 1.47 bits per heavy atom. The first-order valence-electron chi connectivity index (χ1n) is 4.72. The number of imide groups is 1. The maximum absolute atomic E-state index is 13.3. The molecule has 0 bridgehead atoms. The number of halogens is 1. The fourth-order valence-corrected chi connectivity index (χ4v) is 1.10. The van der Waals surface area contributed by atoms with E-state index in [0.717, 1.165) is 6.07 Å². The molecule has 0 aliphatic carbocycles. The molecule has 5 N–H and O–H groups in total. The van der Waals surface area contributed by atoms with E-state index in [2.05, 4.69) is 0 Å². The second kappa shape index (κ2) is 5.15. The molecule has 0 saturated carbocycles. The summed E-state index contributed by atoms with van der Waals surface area (Å²) < 4.78 is 18.3. The summed E-state index contributed by atoms with van der Waals surface area (Å²) in [7, 11) is 0. The van der Waals surface area contributed by atoms with Crippen LogP contribution in [0.3, 0.4) is 0 Å². The number of anilines is 1. The van der Waals surface area contributed by atoms with Gasteiger partial charge < -0.3 is 16.2 Å². The molecule has 0 spiro atoms. The van der Waals surface area contributed by atoms with Gasteiger partial charge in [0.25, 0.3) is 5.91 Å². The Balaban J connectivity index is 2.77. The maximum Gasteiger partial charge on any atom is 0.318 e. The van der Waals surface area contributed by atoms with Gasteiger partial charge in [-0.2, -0.15) is 0 Å². The summed E-state index contributed by atoms with van der Waals surface area (Å²) in [4.78, 5) is 21.7. The molecule has 17 heavy (non-hydrogen) atoms. The van der Waals surface area contributed by atoms with Gasteiger partial charge in [-0.3, -0.25) is 10.1 Å². The summed E-state index contributed by atoms with van der Waals surface area (Å²) in [5, 5.41) is 1.81. The number of amides is 3. The summed E-state index contributed by atoms with van der Waals surface area (Å²) in [5.41, 5.74) is 10.3. The average Bonchev–Trinajstić information content (AvgIpc) is 2.22. The summed E-state index contributed by atoms with van der Waals surface area (Å²) >= 11 is 0. The number of nitrogens with two attached hydrogens (primary N) is 2. The van der Waals surface area contributed by atoms with Crippen LogP contribution in [-0.2, 0) is 4.79 Å². The van der Waals surface area contributed by atoms with Crippen molar-refractivity contribution in [2.24, 2.45) is 5.73 Å². The van der Waals surface area contributed by atoms with Crippen molar-refractivity contribution < 1.29 is 18.7 Å². The summed E-state index contributed by atoms with van der Waals surface area (Å²) in [6.07, 6.45) is -1.10. The summed E-state index contributed by atoms with van der Waals surface area (Å²) in [5.74, 6) is -1.71. The Labute approximate surface area is 96.7 Å². The van der Waals surface area contributed by atoms with Gasteiger partial charge in [0.15, 0.2) is 17.7 Å². The van der Waals surface area contributed by atoms with E-state index < -0.39 is 23.9 Å². The molecule has 0 heterocycles. The molecule has 7 heteroatoms. The molecule has 1 rings (SSSR count). The SMILES string of the molecule is CC(Oc1c(N)cccc1F)C(=O)NC(N)=O. The number of para-hydroxylation sites is 1. The Morgan fingerprint density at radius 3 is 2.65 bits per heavy atom. The zero-order chi connectivity index (χ0) is 13.0. The van der Waals surface area contributed by atoms with Crippen molar-refractivity contribution in [3.8, 4) is 5.75 Å². The third-order valence-electron chi connectivity index (χ3n) is 1.91. The number of primary amides is 1. The minimum atomic E-state index is -1.10. The van der Waals surface area contributed by atoms with Crippen LogP contribution in [0, 0.1) is 5.82 Å². The first-order chi connectivity index (χ1) is 7.91. The highest BCUT2D eigenvalue weighted by Crippen LogP contribution is 2.25. The highest BCUT2D eigenvalue weighted by Gasteiger charge is 2.19. The van der Waals surface area contributed by atoms with Gasteiger partial charge in [0.1, 0.15) is 0 Å². The molecular formula is C10H12FN3O3. The van der Waals surface area contributed by atoms with Crippen LogP contribution in [0.25, 0.3) is 0 Å². The Kier molecular flexibility index (Phi) is 3.86. The molecule has 1 aromatic rings. The van der Waals surface area contributed by atoms with Gasteiger partial charge in [-0.1, -0.05) is 6.07 Å². The van der Waals surface area contributed by atoms with Crippen molar-refractivity contribution in [3.05, 3.63) is 24.0 Å². The predicted molar refractivity (Wildman–Crippen MR) is 58.6 cm³/mol. The second-order valence-corrected chi connectivity index (χ2v) is 3.27. The second-order valence-electron chi connectivity index (χ2n) is 3.27. The number of rotatable bonds is 3. The number of ether oxygens (including phenoxy) is 1. The van der Waals surface area contributed by atoms with Crippen molar-refractivity contribution in [3.63, 3.8) is 0 Å². The first-order valence-corrected chi connectivity index (χ1v) is 4.72. The van der Waals surface area contributed by atoms with E-state index in [0.29, 0.717) is 0 Å². The molecule has 1 aromatic carbocycles. The third-order valence-corrected chi connectivity index (χ3v) is 1.91. The molecule has 0 radical (unpaired) electrons. The van der Waals surface area contributed by atoms with Crippen molar-refractivity contribution in [1.82, 2.24) is 5.32 Å². The highest BCUT2D eigenvalue weighted by molar-refractivity contribution is 5.95. The van der Waals surface area contributed by atoms with E-state index in [1.54, 1.807) is 0 Å². The van der Waals surface area contributed by atoms with E-state index in [4.69, 9.17) is 16.2 Å². The number of carbonyl (C=O) groups excluding carboxylic acids is 2. The largest absolute Gasteiger partial charge is 0.476 e. The van der Waals surface area contributed by atoms with Crippen LogP contribution in [0.1, 0.15) is 6.92 Å². The lowest BCUT2D eigenvalue weighted by molar-refractivity contribution is -0.126. The van der Waals surface area contributed by atoms with Crippen LogP contribution in [0.2, 0.25) is 0 Å². The maximum atomic E-state index is 13.3. The van der Waals surface area contributed by atoms with Gasteiger partial charge in [0.2, 0.25) is 0 Å². The number of carbonyl (C=O) groups is 2. The molecule has 6 nitrogen and oxygen atoms in total. The number of benzene rings is 1. The number of urea groups is 1. The van der Waals surface area contributed by atoms with Crippen molar-refractivity contribution in [2.75, 3.05) is 5.73 Å². The quantitative estimate of drug-likeness (QED) is 0.664. The zero-order valence-electron chi connectivity index (χ0n) is 9.07. The minimum Gasteiger partial charge on any atom is -0.476 e. The molecule has 1 atom stereocenters. The monoisotopic (exact) mass is 241 g/mol. The fraction of sp³-hybridized carbons (Fsp3) is 0.200. The van der Waals surface area contributed by atoms with Crippen LogP contribution in [0.5, 0.6) is 5.75 Å². The minimum absolute atomic E-state index is 0.0590. The summed E-state index contributed by atoms with van der Waals surface area (Å²) in [6, 6.07) is 2.97. The molecule has 3 amide bonds. The van der Waals surface area contributed by atoms with Gasteiger partial charge in [0.05, 0.1) is 5.69 Å². The third kappa shape index (κ3) is 3.33. The van der Waals surface area contributed by atoms with Crippen LogP contribution in [-0.4, -0.2) is 18.0 Å². The lowest BCUT2D eigenvalue weighted by atomic mass is 10.3. The zero-order valence-corrected chi connectivity index (χ0v) is 9.07. The van der Waals surface area contributed by atoms with Crippen LogP contribution >= 0.6 is 0 Å². The van der Waals surface area contributed by atoms with E-state index in [9.17, 15) is 14.0 Å². The Bertz CT molecular complexity index is 430. The van der Waals surface area contributed by atoms with Gasteiger partial charge in [-0.05, 0) is 19.1 Å². The Hall–Kier alpha value is -2.31. The molecule has 92 valence electrons. The molecule has 0 aliphatic heterocycles. The van der Waals surface area contributed by atoms with Crippen LogP contribution < -0.4 is 21.5 Å². The number of hydrogen-bond donors (Lipinski definition) is 3. The Morgan fingerprint density at radius 2 is 2.12 bits per heavy atom. The van der Waals surface area contributed by atoms with Crippen molar-refractivity contribution in [2.45, 2.75) is 13.0 Å². The molecule has 1 unspecified atom stereocenters. The molecular weight excluding hydrogens is 229 g/mol. The molecule has 0 aliphatic rings. The van der Waals surface area contributed by atoms with E-state index >= 15 is 0 Å². The van der Waals surface area contributed by atoms with E-state index in [-0.39, 0.29) is 11.4 Å². The lowest BCUT2D eigenvalue weighted by Gasteiger charge is -2.15. The van der Waals surface area contributed by atoms with Crippen LogP contribution in [0.15, 0.2) is 18.2 Å². The van der Waals surface area contributed by atoms with Crippen LogP contribution in [0.4, 0.5) is 14.9 Å². The average molecular weight is 241 g/mol. The van der Waals surface area contributed by atoms with Crippen molar-refractivity contribution >= 4 is 17.6 Å². The normalized spacial score (nSPS) is 11.6. The predicted octanol–water partition coefficient (Wildman–Crippen LogP) is 0.370. The smallest absolute Gasteiger partial charge is 0.318 e. The standard InChI is InChI=1S/C10H12FN3O3/c1-5(9(15)14-10(13)16)17-8-6(11)3-2-4-7(8)12/h2-5H,12H2,1H3,(H3,13,14,15,16). The highest BCUT2D eigenvalue weighted by atomic mass is 19.1. The fourth-order valence-electron chi connectivity index (χ4n) is 1.10. The van der Waals surface area contributed by atoms with E-state index in [1.165, 1.54) is 19.1 Å². The topological polar surface area (TPSA) is 107 Å². The lowest BCUT2D eigenvalue weighted by Crippen LogP contribution is -2.42. The molecule has 0 aromatic heterocycles. The molecule has 0 saturated heterocycles.